The largest absolute Gasteiger partial charge is 0.457 e. The molecule has 8 heteroatoms. The molecule has 284 valence electrons. The molecule has 0 radical (unpaired) electrons. The number of hydrazine groups is 1. The molecule has 0 heterocycles. The first kappa shape index (κ1) is 35.8. The molecule has 0 unspecified atom stereocenters. The Labute approximate surface area is 338 Å². The normalized spacial score (nSPS) is 12.1. The van der Waals surface area contributed by atoms with Crippen molar-refractivity contribution in [2.24, 2.45) is 0 Å². The molecule has 8 aromatic carbocycles. The molecule has 9 rings (SSSR count). The molecule has 0 bridgehead atoms. The Morgan fingerprint density at radius 1 is 0.362 bits per heavy atom. The Kier molecular flexibility index (Phi) is 9.71. The lowest BCUT2D eigenvalue weighted by atomic mass is 9.68. The molecule has 0 atom stereocenters. The van der Waals surface area contributed by atoms with E-state index in [1.54, 1.807) is 0 Å². The Morgan fingerprint density at radius 3 is 1.10 bits per heavy atom. The van der Waals surface area contributed by atoms with Crippen LogP contribution >= 0.6 is 0 Å². The van der Waals surface area contributed by atoms with Crippen LogP contribution in [0.2, 0.25) is 0 Å². The number of hydrogen-bond donors (Lipinski definition) is 6. The van der Waals surface area contributed by atoms with Crippen molar-refractivity contribution in [3.05, 3.63) is 216 Å². The lowest BCUT2D eigenvalue weighted by molar-refractivity contribution is 0.482. The maximum Gasteiger partial charge on any atom is 0.127 e. The van der Waals surface area contributed by atoms with Crippen LogP contribution in [-0.2, 0) is 5.41 Å². The number of fused-ring (bicyclic) bond motifs is 3. The third kappa shape index (κ3) is 7.30. The van der Waals surface area contributed by atoms with Gasteiger partial charge in [0.1, 0.15) is 23.0 Å². The van der Waals surface area contributed by atoms with Crippen molar-refractivity contribution in [3.63, 3.8) is 0 Å². The minimum atomic E-state index is -0.553. The van der Waals surface area contributed by atoms with Crippen molar-refractivity contribution in [2.75, 3.05) is 39.6 Å². The third-order valence-corrected chi connectivity index (χ3v) is 10.5. The number of anilines is 6. The van der Waals surface area contributed by atoms with E-state index in [2.05, 4.69) is 119 Å². The number of benzene rings is 8. The molecule has 0 fully saturated rings. The van der Waals surface area contributed by atoms with Gasteiger partial charge >= 0.3 is 0 Å². The summed E-state index contributed by atoms with van der Waals surface area (Å²) in [5.74, 6) is 3.01. The minimum Gasteiger partial charge on any atom is -0.457 e. The van der Waals surface area contributed by atoms with Crippen LogP contribution in [0.25, 0.3) is 11.1 Å². The fraction of sp³-hybridized carbons (Fsp3) is 0.0400. The highest BCUT2D eigenvalue weighted by atomic mass is 16.5. The lowest BCUT2D eigenvalue weighted by Gasteiger charge is -2.34. The first-order chi connectivity index (χ1) is 28.5. The van der Waals surface area contributed by atoms with Crippen molar-refractivity contribution >= 4 is 34.1 Å². The Hall–Kier alpha value is -7.84. The molecule has 8 N–H and O–H groups in total. The third-order valence-electron chi connectivity index (χ3n) is 10.5. The highest BCUT2D eigenvalue weighted by molar-refractivity contribution is 5.86. The van der Waals surface area contributed by atoms with Gasteiger partial charge < -0.3 is 42.4 Å². The SMILES string of the molecule is Nc1ccc(NCNc2ccc(Oc3ccc(C4(c5ccc(Oc6ccc(NNc7ccc(N)cc7)cc6)cc5)c5ccccc5-c5ccccc54)cc3)cc2)cc1. The van der Waals surface area contributed by atoms with E-state index in [1.807, 2.05) is 97.1 Å². The Bertz CT molecular complexity index is 2580. The van der Waals surface area contributed by atoms with Gasteiger partial charge in [-0.2, -0.15) is 0 Å². The monoisotopic (exact) mass is 758 g/mol. The Balaban J connectivity index is 0.934. The molecule has 0 saturated carbocycles. The van der Waals surface area contributed by atoms with E-state index < -0.39 is 5.41 Å². The van der Waals surface area contributed by atoms with Gasteiger partial charge in [-0.15, -0.1) is 0 Å². The van der Waals surface area contributed by atoms with Crippen LogP contribution in [0.3, 0.4) is 0 Å². The quantitative estimate of drug-likeness (QED) is 0.0391. The summed E-state index contributed by atoms with van der Waals surface area (Å²) in [6.07, 6.45) is 0. The standard InChI is InChI=1S/C50H42N6O2/c51-36-13-17-38(18-14-36)53-33-54-39-21-29-44(30-22-39)57-42-25-9-34(10-26-42)50(48-7-3-1-5-46(48)47-6-2-4-8-49(47)50)35-11-27-43(28-12-35)58-45-31-23-41(24-32-45)56-55-40-19-15-37(52)16-20-40/h1-32,53-56H,33,51-52H2. The van der Waals surface area contributed by atoms with Gasteiger partial charge in [-0.1, -0.05) is 72.8 Å². The van der Waals surface area contributed by atoms with Gasteiger partial charge in [-0.3, -0.25) is 0 Å². The topological polar surface area (TPSA) is 119 Å². The zero-order valence-electron chi connectivity index (χ0n) is 31.7. The molecule has 0 amide bonds. The van der Waals surface area contributed by atoms with Crippen LogP contribution in [0.15, 0.2) is 194 Å². The number of nitrogens with one attached hydrogen (secondary N) is 4. The summed E-state index contributed by atoms with van der Waals surface area (Å²) in [6, 6.07) is 65.5. The van der Waals surface area contributed by atoms with Gasteiger partial charge in [-0.25, -0.2) is 0 Å². The van der Waals surface area contributed by atoms with Crippen LogP contribution in [0, 0.1) is 0 Å². The fourth-order valence-corrected chi connectivity index (χ4v) is 7.65. The number of rotatable bonds is 13. The molecular formula is C50H42N6O2. The van der Waals surface area contributed by atoms with Crippen LogP contribution in [-0.4, -0.2) is 6.67 Å². The van der Waals surface area contributed by atoms with Gasteiger partial charge in [0.15, 0.2) is 0 Å². The lowest BCUT2D eigenvalue weighted by Crippen LogP contribution is -2.28. The van der Waals surface area contributed by atoms with Gasteiger partial charge in [0.2, 0.25) is 0 Å². The highest BCUT2D eigenvalue weighted by Gasteiger charge is 2.45. The number of nitrogen functional groups attached to an aromatic ring is 2. The number of nitrogens with two attached hydrogens (primary N) is 2. The molecule has 1 aliphatic carbocycles. The van der Waals surface area contributed by atoms with Crippen molar-refractivity contribution in [1.82, 2.24) is 0 Å². The summed E-state index contributed by atoms with van der Waals surface area (Å²) < 4.78 is 12.7. The van der Waals surface area contributed by atoms with E-state index in [9.17, 15) is 0 Å². The predicted octanol–water partition coefficient (Wildman–Crippen LogP) is 11.7. The number of hydrogen-bond acceptors (Lipinski definition) is 8. The summed E-state index contributed by atoms with van der Waals surface area (Å²) >= 11 is 0. The predicted molar refractivity (Wildman–Crippen MR) is 238 cm³/mol. The minimum absolute atomic E-state index is 0.553. The molecule has 0 spiro atoms. The summed E-state index contributed by atoms with van der Waals surface area (Å²) in [5.41, 5.74) is 30.0. The Morgan fingerprint density at radius 2 is 0.690 bits per heavy atom. The molecule has 0 aromatic heterocycles. The molecule has 8 nitrogen and oxygen atoms in total. The van der Waals surface area contributed by atoms with Crippen LogP contribution in [0.1, 0.15) is 22.3 Å². The van der Waals surface area contributed by atoms with E-state index in [1.165, 1.54) is 22.3 Å². The second-order valence-electron chi connectivity index (χ2n) is 14.2. The summed E-state index contributed by atoms with van der Waals surface area (Å²) in [7, 11) is 0. The van der Waals surface area contributed by atoms with Gasteiger partial charge in [0, 0.05) is 22.7 Å². The van der Waals surface area contributed by atoms with Crippen molar-refractivity contribution in [3.8, 4) is 34.1 Å². The van der Waals surface area contributed by atoms with Crippen LogP contribution in [0.5, 0.6) is 23.0 Å². The first-order valence-electron chi connectivity index (χ1n) is 19.2. The second kappa shape index (κ2) is 15.7. The molecule has 8 aromatic rings. The smallest absolute Gasteiger partial charge is 0.127 e. The van der Waals surface area contributed by atoms with E-state index in [0.29, 0.717) is 6.67 Å². The maximum absolute atomic E-state index is 6.35. The summed E-state index contributed by atoms with van der Waals surface area (Å²) in [5, 5.41) is 6.73. The molecule has 1 aliphatic rings. The molecular weight excluding hydrogens is 717 g/mol. The average molecular weight is 759 g/mol. The first-order valence-corrected chi connectivity index (χ1v) is 19.2. The molecule has 0 aliphatic heterocycles. The zero-order valence-corrected chi connectivity index (χ0v) is 31.7. The summed E-state index contributed by atoms with van der Waals surface area (Å²) in [4.78, 5) is 0. The van der Waals surface area contributed by atoms with Gasteiger partial charge in [0.25, 0.3) is 0 Å². The second-order valence-corrected chi connectivity index (χ2v) is 14.2. The van der Waals surface area contributed by atoms with E-state index >= 15 is 0 Å². The van der Waals surface area contributed by atoms with E-state index in [-0.39, 0.29) is 0 Å². The van der Waals surface area contributed by atoms with Crippen molar-refractivity contribution in [1.29, 1.82) is 0 Å². The van der Waals surface area contributed by atoms with E-state index in [4.69, 9.17) is 20.9 Å². The van der Waals surface area contributed by atoms with Gasteiger partial charge in [0.05, 0.1) is 23.5 Å². The van der Waals surface area contributed by atoms with Crippen LogP contribution < -0.4 is 42.4 Å². The fourth-order valence-electron chi connectivity index (χ4n) is 7.65. The molecule has 58 heavy (non-hydrogen) atoms. The zero-order chi connectivity index (χ0) is 39.3. The molecule has 0 saturated heterocycles. The summed E-state index contributed by atoms with van der Waals surface area (Å²) in [6.45, 7) is 0.576. The van der Waals surface area contributed by atoms with Crippen LogP contribution in [0.4, 0.5) is 34.1 Å². The maximum atomic E-state index is 6.35. The average Bonchev–Trinajstić information content (AvgIpc) is 3.57. The van der Waals surface area contributed by atoms with Gasteiger partial charge in [-0.05, 0) is 155 Å². The highest BCUT2D eigenvalue weighted by Crippen LogP contribution is 2.56. The number of ether oxygens (including phenoxy) is 2. The van der Waals surface area contributed by atoms with Crippen molar-refractivity contribution in [2.45, 2.75) is 5.41 Å². The van der Waals surface area contributed by atoms with E-state index in [0.717, 1.165) is 68.2 Å². The van der Waals surface area contributed by atoms with Crippen molar-refractivity contribution < 1.29 is 9.47 Å².